The number of hydrogen-bond acceptors (Lipinski definition) is 3. The fraction of sp³-hybridized carbons (Fsp3) is 0.500. The molecule has 4 nitrogen and oxygen atoms in total. The topological polar surface area (TPSA) is 46.6 Å². The van der Waals surface area contributed by atoms with E-state index in [1.54, 1.807) is 11.8 Å². The van der Waals surface area contributed by atoms with Crippen LogP contribution in [-0.2, 0) is 9.53 Å². The van der Waals surface area contributed by atoms with E-state index < -0.39 is 5.92 Å². The third-order valence-electron chi connectivity index (χ3n) is 3.26. The second kappa shape index (κ2) is 8.39. The van der Waals surface area contributed by atoms with Crippen molar-refractivity contribution in [3.05, 3.63) is 35.6 Å². The van der Waals surface area contributed by atoms with Crippen molar-refractivity contribution in [3.8, 4) is 0 Å². The molecule has 0 saturated heterocycles. The lowest BCUT2D eigenvalue weighted by Gasteiger charge is -2.25. The van der Waals surface area contributed by atoms with Crippen LogP contribution in [0, 0.1) is 11.7 Å². The van der Waals surface area contributed by atoms with Gasteiger partial charge in [-0.15, -0.1) is 0 Å². The average Bonchev–Trinajstić information content (AvgIpc) is 2.50. The number of rotatable bonds is 7. The molecule has 0 aromatic heterocycles. The number of benzene rings is 1. The molecule has 0 saturated carbocycles. The Labute approximate surface area is 124 Å². The van der Waals surface area contributed by atoms with Gasteiger partial charge in [0.05, 0.1) is 13.0 Å². The van der Waals surface area contributed by atoms with Crippen LogP contribution in [0.4, 0.5) is 4.39 Å². The molecule has 1 aromatic carbocycles. The number of carbonyl (C=O) groups is 2. The SMILES string of the molecule is CCCCN(CC(C)C(=O)OC)C(=O)c1ccc(F)cc1. The molecule has 1 rings (SSSR count). The Hall–Kier alpha value is -1.91. The van der Waals surface area contributed by atoms with Gasteiger partial charge in [-0.05, 0) is 30.7 Å². The predicted octanol–water partition coefficient (Wildman–Crippen LogP) is 2.88. The zero-order valence-corrected chi connectivity index (χ0v) is 12.8. The Morgan fingerprint density at radius 1 is 1.29 bits per heavy atom. The van der Waals surface area contributed by atoms with Gasteiger partial charge >= 0.3 is 5.97 Å². The van der Waals surface area contributed by atoms with Crippen molar-refractivity contribution in [2.24, 2.45) is 5.92 Å². The smallest absolute Gasteiger partial charge is 0.310 e. The van der Waals surface area contributed by atoms with Crippen LogP contribution in [0.3, 0.4) is 0 Å². The van der Waals surface area contributed by atoms with Crippen molar-refractivity contribution >= 4 is 11.9 Å². The first-order chi connectivity index (χ1) is 9.99. The van der Waals surface area contributed by atoms with Crippen molar-refractivity contribution in [2.75, 3.05) is 20.2 Å². The zero-order valence-electron chi connectivity index (χ0n) is 12.8. The van der Waals surface area contributed by atoms with Gasteiger partial charge in [-0.2, -0.15) is 0 Å². The van der Waals surface area contributed by atoms with Gasteiger partial charge in [0.15, 0.2) is 0 Å². The van der Waals surface area contributed by atoms with E-state index in [0.717, 1.165) is 12.8 Å². The van der Waals surface area contributed by atoms with Gasteiger partial charge in [0.2, 0.25) is 0 Å². The fourth-order valence-electron chi connectivity index (χ4n) is 2.01. The summed E-state index contributed by atoms with van der Waals surface area (Å²) in [5, 5.41) is 0. The van der Waals surface area contributed by atoms with Gasteiger partial charge in [-0.3, -0.25) is 9.59 Å². The molecule has 0 radical (unpaired) electrons. The molecule has 5 heteroatoms. The number of amides is 1. The minimum atomic E-state index is -0.392. The highest BCUT2D eigenvalue weighted by molar-refractivity contribution is 5.94. The summed E-state index contributed by atoms with van der Waals surface area (Å²) in [6.45, 7) is 4.62. The van der Waals surface area contributed by atoms with Crippen molar-refractivity contribution < 1.29 is 18.7 Å². The van der Waals surface area contributed by atoms with E-state index in [0.29, 0.717) is 18.7 Å². The van der Waals surface area contributed by atoms with Crippen LogP contribution in [0.25, 0.3) is 0 Å². The number of nitrogens with zero attached hydrogens (tertiary/aromatic N) is 1. The summed E-state index contributed by atoms with van der Waals surface area (Å²) in [6.07, 6.45) is 1.79. The van der Waals surface area contributed by atoms with Crippen LogP contribution in [-0.4, -0.2) is 37.0 Å². The highest BCUT2D eigenvalue weighted by Gasteiger charge is 2.22. The highest BCUT2D eigenvalue weighted by atomic mass is 19.1. The van der Waals surface area contributed by atoms with Gasteiger partial charge in [-0.1, -0.05) is 20.3 Å². The molecule has 1 amide bonds. The van der Waals surface area contributed by atoms with E-state index in [1.807, 2.05) is 6.92 Å². The lowest BCUT2D eigenvalue weighted by Crippen LogP contribution is -2.38. The maximum absolute atomic E-state index is 12.9. The normalized spacial score (nSPS) is 11.8. The monoisotopic (exact) mass is 295 g/mol. The Morgan fingerprint density at radius 3 is 2.43 bits per heavy atom. The Bertz CT molecular complexity index is 473. The summed E-state index contributed by atoms with van der Waals surface area (Å²) < 4.78 is 17.6. The van der Waals surface area contributed by atoms with Gasteiger partial charge < -0.3 is 9.64 Å². The molecule has 0 heterocycles. The minimum Gasteiger partial charge on any atom is -0.469 e. The maximum Gasteiger partial charge on any atom is 0.310 e. The van der Waals surface area contributed by atoms with E-state index in [1.165, 1.54) is 31.4 Å². The number of unbranched alkanes of at least 4 members (excludes halogenated alkanes) is 1. The quantitative estimate of drug-likeness (QED) is 0.727. The molecule has 21 heavy (non-hydrogen) atoms. The zero-order chi connectivity index (χ0) is 15.8. The maximum atomic E-state index is 12.9. The molecule has 0 spiro atoms. The second-order valence-corrected chi connectivity index (χ2v) is 5.04. The Balaban J connectivity index is 2.82. The summed E-state index contributed by atoms with van der Waals surface area (Å²) in [7, 11) is 1.33. The van der Waals surface area contributed by atoms with Crippen molar-refractivity contribution in [1.82, 2.24) is 4.90 Å². The van der Waals surface area contributed by atoms with Crippen LogP contribution in [0.5, 0.6) is 0 Å². The summed E-state index contributed by atoms with van der Waals surface area (Å²) in [6, 6.07) is 5.43. The molecule has 0 aliphatic heterocycles. The first-order valence-electron chi connectivity index (χ1n) is 7.12. The van der Waals surface area contributed by atoms with E-state index in [-0.39, 0.29) is 17.7 Å². The van der Waals surface area contributed by atoms with Crippen molar-refractivity contribution in [1.29, 1.82) is 0 Å². The van der Waals surface area contributed by atoms with Gasteiger partial charge in [0, 0.05) is 18.7 Å². The fourth-order valence-corrected chi connectivity index (χ4v) is 2.01. The number of hydrogen-bond donors (Lipinski definition) is 0. The first kappa shape index (κ1) is 17.1. The minimum absolute atomic E-state index is 0.195. The summed E-state index contributed by atoms with van der Waals surface area (Å²) >= 11 is 0. The summed E-state index contributed by atoms with van der Waals surface area (Å²) in [5.74, 6) is -1.31. The summed E-state index contributed by atoms with van der Waals surface area (Å²) in [4.78, 5) is 25.6. The van der Waals surface area contributed by atoms with Crippen LogP contribution in [0.15, 0.2) is 24.3 Å². The third kappa shape index (κ3) is 5.17. The number of ether oxygens (including phenoxy) is 1. The molecule has 0 N–H and O–H groups in total. The average molecular weight is 295 g/mol. The first-order valence-corrected chi connectivity index (χ1v) is 7.12. The standard InChI is InChI=1S/C16H22FNO3/c1-4-5-10-18(11-12(2)16(20)21-3)15(19)13-6-8-14(17)9-7-13/h6-9,12H,4-5,10-11H2,1-3H3. The number of esters is 1. The third-order valence-corrected chi connectivity index (χ3v) is 3.26. The molecular formula is C16H22FNO3. The number of carbonyl (C=O) groups excluding carboxylic acids is 2. The molecule has 0 aliphatic rings. The molecule has 1 atom stereocenters. The van der Waals surface area contributed by atoms with Gasteiger partial charge in [0.25, 0.3) is 5.91 Å². The molecular weight excluding hydrogens is 273 g/mol. The number of halogens is 1. The molecule has 1 unspecified atom stereocenters. The molecule has 0 bridgehead atoms. The Morgan fingerprint density at radius 2 is 1.90 bits per heavy atom. The molecule has 116 valence electrons. The van der Waals surface area contributed by atoms with Crippen LogP contribution < -0.4 is 0 Å². The number of methoxy groups -OCH3 is 1. The van der Waals surface area contributed by atoms with E-state index >= 15 is 0 Å². The van der Waals surface area contributed by atoms with Crippen molar-refractivity contribution in [3.63, 3.8) is 0 Å². The highest BCUT2D eigenvalue weighted by Crippen LogP contribution is 2.11. The largest absolute Gasteiger partial charge is 0.469 e. The van der Waals surface area contributed by atoms with Crippen molar-refractivity contribution in [2.45, 2.75) is 26.7 Å². The van der Waals surface area contributed by atoms with E-state index in [4.69, 9.17) is 4.74 Å². The van der Waals surface area contributed by atoms with Gasteiger partial charge in [-0.25, -0.2) is 4.39 Å². The van der Waals surface area contributed by atoms with Crippen LogP contribution in [0.2, 0.25) is 0 Å². The summed E-state index contributed by atoms with van der Waals surface area (Å²) in [5.41, 5.74) is 0.421. The molecule has 0 aliphatic carbocycles. The van der Waals surface area contributed by atoms with Gasteiger partial charge in [0.1, 0.15) is 5.82 Å². The van der Waals surface area contributed by atoms with Crippen LogP contribution >= 0.6 is 0 Å². The van der Waals surface area contributed by atoms with E-state index in [9.17, 15) is 14.0 Å². The van der Waals surface area contributed by atoms with E-state index in [2.05, 4.69) is 0 Å². The second-order valence-electron chi connectivity index (χ2n) is 5.04. The molecule has 0 fully saturated rings. The molecule has 1 aromatic rings. The lowest BCUT2D eigenvalue weighted by atomic mass is 10.1. The Kier molecular flexibility index (Phi) is 6.85. The lowest BCUT2D eigenvalue weighted by molar-refractivity contribution is -0.145. The van der Waals surface area contributed by atoms with Crippen LogP contribution in [0.1, 0.15) is 37.0 Å². The predicted molar refractivity (Wildman–Crippen MR) is 78.4 cm³/mol.